The van der Waals surface area contributed by atoms with Crippen LogP contribution in [-0.2, 0) is 38.0 Å². The number of hydrogen-bond acceptors (Lipinski definition) is 13. The molecular formula is C42H68N4O10. The Balaban J connectivity index is 1.17. The number of H-pyrrole nitrogens is 1. The van der Waals surface area contributed by atoms with E-state index < -0.39 is 53.3 Å². The number of carbonyl (C=O) groups is 2. The maximum atomic E-state index is 14.5. The van der Waals surface area contributed by atoms with Crippen molar-refractivity contribution in [3.05, 3.63) is 18.0 Å². The molecule has 4 saturated heterocycles. The summed E-state index contributed by atoms with van der Waals surface area (Å²) in [5.74, 6) is -3.95. The second-order valence-corrected chi connectivity index (χ2v) is 17.7. The monoisotopic (exact) mass is 788 g/mol. The number of ether oxygens (including phenoxy) is 6. The molecule has 0 aromatic carbocycles. The van der Waals surface area contributed by atoms with Crippen LogP contribution in [0, 0.1) is 29.6 Å². The molecule has 1 aromatic heterocycles. The first-order chi connectivity index (χ1) is 26.6. The van der Waals surface area contributed by atoms with Gasteiger partial charge in [0.1, 0.15) is 5.78 Å². The van der Waals surface area contributed by atoms with Crippen LogP contribution in [0.3, 0.4) is 0 Å². The number of aliphatic hydroxyl groups excluding tert-OH is 1. The number of tetrazole rings is 1. The van der Waals surface area contributed by atoms with Crippen LogP contribution in [0.2, 0.25) is 0 Å². The van der Waals surface area contributed by atoms with Gasteiger partial charge < -0.3 is 38.6 Å². The third-order valence-electron chi connectivity index (χ3n) is 14.2. The summed E-state index contributed by atoms with van der Waals surface area (Å²) in [5.41, 5.74) is -0.876. The highest BCUT2D eigenvalue weighted by Crippen LogP contribution is 2.52. The number of aromatic amines is 1. The highest BCUT2D eigenvalue weighted by molar-refractivity contribution is 5.84. The van der Waals surface area contributed by atoms with Gasteiger partial charge in [-0.1, -0.05) is 53.7 Å². The van der Waals surface area contributed by atoms with E-state index in [0.717, 1.165) is 32.1 Å². The highest BCUT2D eigenvalue weighted by atomic mass is 16.8. The van der Waals surface area contributed by atoms with Crippen molar-refractivity contribution < 1.29 is 48.2 Å². The first kappa shape index (κ1) is 43.3. The maximum Gasteiger partial charge on any atom is 0.303 e. The molecule has 2 spiro atoms. The number of nitrogens with one attached hydrogen (secondary N) is 1. The molecule has 0 aliphatic carbocycles. The molecule has 1 aromatic rings. The molecule has 5 aliphatic rings. The Bertz CT molecular complexity index is 1510. The molecule has 17 atom stereocenters. The van der Waals surface area contributed by atoms with Crippen LogP contribution in [0.25, 0.3) is 0 Å². The van der Waals surface area contributed by atoms with E-state index in [1.165, 1.54) is 6.92 Å². The Kier molecular flexibility index (Phi) is 13.5. The van der Waals surface area contributed by atoms with Crippen molar-refractivity contribution >= 4 is 11.8 Å². The summed E-state index contributed by atoms with van der Waals surface area (Å²) in [5, 5.41) is 37.6. The average Bonchev–Trinajstić information content (AvgIpc) is 3.87. The molecule has 14 nitrogen and oxygen atoms in total. The van der Waals surface area contributed by atoms with E-state index in [2.05, 4.69) is 41.4 Å². The van der Waals surface area contributed by atoms with Crippen LogP contribution in [-0.4, -0.2) is 109 Å². The largest absolute Gasteiger partial charge is 0.453 e. The van der Waals surface area contributed by atoms with E-state index in [4.69, 9.17) is 28.4 Å². The van der Waals surface area contributed by atoms with Gasteiger partial charge in [0.05, 0.1) is 48.3 Å². The molecule has 5 aliphatic heterocycles. The maximum absolute atomic E-state index is 14.5. The third kappa shape index (κ3) is 8.40. The molecule has 0 saturated carbocycles. The smallest absolute Gasteiger partial charge is 0.303 e. The molecule has 6 rings (SSSR count). The lowest BCUT2D eigenvalue weighted by molar-refractivity contribution is -0.401. The van der Waals surface area contributed by atoms with E-state index in [1.54, 1.807) is 0 Å². The minimum absolute atomic E-state index is 0.00396. The number of Topliss-reactive ketones (excluding diaryl/α,β-unsaturated/α-hetero) is 1. The Morgan fingerprint density at radius 1 is 1.00 bits per heavy atom. The molecule has 0 bridgehead atoms. The lowest BCUT2D eigenvalue weighted by Crippen LogP contribution is -2.62. The zero-order chi connectivity index (χ0) is 40.6. The van der Waals surface area contributed by atoms with Crippen LogP contribution in [0.4, 0.5) is 0 Å². The van der Waals surface area contributed by atoms with Gasteiger partial charge in [0.2, 0.25) is 5.79 Å². The van der Waals surface area contributed by atoms with E-state index >= 15 is 0 Å². The summed E-state index contributed by atoms with van der Waals surface area (Å²) in [6, 6.07) is 0. The Morgan fingerprint density at radius 2 is 1.73 bits per heavy atom. The summed E-state index contributed by atoms with van der Waals surface area (Å²) in [7, 11) is 0. The SMILES string of the molecule is CCC(C(=O)C(C)C(O)C(C)C1CCCC(C(CC)c2nn[nH]n2)O1)C1OC2(C=CC(OC(C)=O)C3(CCC(C4CCC(O)(CC)C(C)O4)O3)O2)C(C)CC1C. The zero-order valence-electron chi connectivity index (χ0n) is 35.0. The van der Waals surface area contributed by atoms with Crippen molar-refractivity contribution in [2.45, 2.75) is 205 Å². The fourth-order valence-corrected chi connectivity index (χ4v) is 10.5. The van der Waals surface area contributed by atoms with Gasteiger partial charge in [-0.3, -0.25) is 9.59 Å². The number of carbonyl (C=O) groups excluding carboxylic acids is 2. The number of nitrogens with zero attached hydrogens (tertiary/aromatic N) is 3. The van der Waals surface area contributed by atoms with Gasteiger partial charge in [0.25, 0.3) is 0 Å². The van der Waals surface area contributed by atoms with E-state index in [0.29, 0.717) is 44.3 Å². The predicted octanol–water partition coefficient (Wildman–Crippen LogP) is 5.72. The third-order valence-corrected chi connectivity index (χ3v) is 14.2. The Labute approximate surface area is 332 Å². The molecule has 3 N–H and O–H groups in total. The summed E-state index contributed by atoms with van der Waals surface area (Å²) in [6.07, 6.45) is 7.77. The lowest BCUT2D eigenvalue weighted by Gasteiger charge is -2.54. The predicted molar refractivity (Wildman–Crippen MR) is 205 cm³/mol. The van der Waals surface area contributed by atoms with E-state index in [9.17, 15) is 19.8 Å². The number of hydrogen-bond donors (Lipinski definition) is 3. The quantitative estimate of drug-likeness (QED) is 0.163. The van der Waals surface area contributed by atoms with Crippen molar-refractivity contribution in [3.8, 4) is 0 Å². The zero-order valence-corrected chi connectivity index (χ0v) is 35.0. The van der Waals surface area contributed by atoms with Gasteiger partial charge >= 0.3 is 5.97 Å². The van der Waals surface area contributed by atoms with Crippen molar-refractivity contribution in [2.24, 2.45) is 29.6 Å². The minimum Gasteiger partial charge on any atom is -0.453 e. The van der Waals surface area contributed by atoms with Gasteiger partial charge in [-0.2, -0.15) is 5.21 Å². The fraction of sp³-hybridized carbons (Fsp3) is 0.881. The lowest BCUT2D eigenvalue weighted by atomic mass is 9.73. The molecule has 0 radical (unpaired) electrons. The summed E-state index contributed by atoms with van der Waals surface area (Å²) in [6.45, 7) is 17.3. The molecular weight excluding hydrogens is 720 g/mol. The van der Waals surface area contributed by atoms with Crippen LogP contribution < -0.4 is 0 Å². The minimum atomic E-state index is -1.32. The van der Waals surface area contributed by atoms with Crippen LogP contribution >= 0.6 is 0 Å². The number of ketones is 1. The first-order valence-electron chi connectivity index (χ1n) is 21.5. The van der Waals surface area contributed by atoms with Gasteiger partial charge in [-0.15, -0.1) is 10.2 Å². The van der Waals surface area contributed by atoms with Gasteiger partial charge in [0.15, 0.2) is 17.7 Å². The summed E-state index contributed by atoms with van der Waals surface area (Å²) < 4.78 is 39.7. The molecule has 56 heavy (non-hydrogen) atoms. The van der Waals surface area contributed by atoms with Crippen molar-refractivity contribution in [1.29, 1.82) is 0 Å². The Morgan fingerprint density at radius 3 is 2.38 bits per heavy atom. The standard InChI is InChI=1S/C42H68N4O10/c1-10-29(39-43-45-46-44-39)32-15-13-14-31(53-32)25(6)36(48)26(7)37(49)30(11-2)38-23(4)22-24(5)41(55-38)21-18-35(52-28(9)47)42(56-41)20-17-34(54-42)33-16-19-40(50,12-3)27(8)51-33/h18,21,23-27,29-36,38,48,50H,10-17,19-20,22H2,1-9H3,(H,43,44,45,46). The van der Waals surface area contributed by atoms with Gasteiger partial charge in [-0.05, 0) is 89.2 Å². The number of esters is 1. The molecule has 316 valence electrons. The molecule has 17 unspecified atom stereocenters. The highest BCUT2D eigenvalue weighted by Gasteiger charge is 2.61. The second kappa shape index (κ2) is 17.5. The fourth-order valence-electron chi connectivity index (χ4n) is 10.5. The summed E-state index contributed by atoms with van der Waals surface area (Å²) in [4.78, 5) is 26.9. The molecule has 0 amide bonds. The van der Waals surface area contributed by atoms with Gasteiger partial charge in [-0.25, -0.2) is 0 Å². The first-order valence-corrected chi connectivity index (χ1v) is 21.5. The van der Waals surface area contributed by atoms with Crippen LogP contribution in [0.1, 0.15) is 145 Å². The number of rotatable bonds is 13. The van der Waals surface area contributed by atoms with Crippen molar-refractivity contribution in [2.75, 3.05) is 0 Å². The average molecular weight is 789 g/mol. The molecule has 6 heterocycles. The van der Waals surface area contributed by atoms with Crippen molar-refractivity contribution in [1.82, 2.24) is 20.6 Å². The number of aliphatic hydroxyl groups is 2. The molecule has 14 heteroatoms. The van der Waals surface area contributed by atoms with E-state index in [-0.39, 0.29) is 60.0 Å². The van der Waals surface area contributed by atoms with Crippen LogP contribution in [0.5, 0.6) is 0 Å². The molecule has 4 fully saturated rings. The number of aromatic nitrogens is 4. The second-order valence-electron chi connectivity index (χ2n) is 17.7. The van der Waals surface area contributed by atoms with E-state index in [1.807, 2.05) is 46.8 Å². The normalized spacial score (nSPS) is 41.6. The van der Waals surface area contributed by atoms with Crippen LogP contribution in [0.15, 0.2) is 12.2 Å². The summed E-state index contributed by atoms with van der Waals surface area (Å²) >= 11 is 0. The topological polar surface area (TPSA) is 184 Å². The van der Waals surface area contributed by atoms with Gasteiger partial charge in [0, 0.05) is 42.9 Å². The Hall–Kier alpha value is -2.33. The van der Waals surface area contributed by atoms with Crippen molar-refractivity contribution in [3.63, 3.8) is 0 Å².